The molecule has 0 spiro atoms. The molecule has 0 radical (unpaired) electrons. The molecule has 2 aromatic rings. The summed E-state index contributed by atoms with van der Waals surface area (Å²) < 4.78 is 0. The van der Waals surface area contributed by atoms with Gasteiger partial charge in [0.15, 0.2) is 5.13 Å². The fraction of sp³-hybridized carbons (Fsp3) is 0.412. The van der Waals surface area contributed by atoms with Gasteiger partial charge >= 0.3 is 0 Å². The summed E-state index contributed by atoms with van der Waals surface area (Å²) in [6.07, 6.45) is 0.864. The number of carbonyl (C=O) groups is 1. The van der Waals surface area contributed by atoms with E-state index in [1.54, 1.807) is 0 Å². The Hall–Kier alpha value is -1.76. The first-order chi connectivity index (χ1) is 11.1. The molecule has 0 unspecified atom stereocenters. The van der Waals surface area contributed by atoms with Gasteiger partial charge in [0.1, 0.15) is 0 Å². The van der Waals surface area contributed by atoms with Crippen molar-refractivity contribution in [2.45, 2.75) is 26.8 Å². The second kappa shape index (κ2) is 8.76. The van der Waals surface area contributed by atoms with Crippen molar-refractivity contribution < 1.29 is 9.90 Å². The highest BCUT2D eigenvalue weighted by Gasteiger charge is 2.13. The molecule has 0 saturated heterocycles. The minimum absolute atomic E-state index is 0.0243. The third-order valence-electron chi connectivity index (χ3n) is 3.51. The molecule has 6 heteroatoms. The number of aryl methyl sites for hydroxylation is 2. The Morgan fingerprint density at radius 1 is 1.35 bits per heavy atom. The fourth-order valence-electron chi connectivity index (χ4n) is 2.37. The molecular weight excluding hydrogens is 310 g/mol. The van der Waals surface area contributed by atoms with Crippen molar-refractivity contribution in [2.24, 2.45) is 0 Å². The molecule has 0 bridgehead atoms. The fourth-order valence-corrected chi connectivity index (χ4v) is 3.29. The van der Waals surface area contributed by atoms with E-state index in [9.17, 15) is 9.90 Å². The predicted octanol–water partition coefficient (Wildman–Crippen LogP) is 2.45. The van der Waals surface area contributed by atoms with Crippen molar-refractivity contribution in [3.8, 4) is 0 Å². The van der Waals surface area contributed by atoms with Crippen molar-refractivity contribution in [1.82, 2.24) is 9.88 Å². The molecular formula is C17H23N3O2S. The number of nitrogens with zero attached hydrogens (tertiary/aromatic N) is 2. The number of nitrogens with one attached hydrogen (secondary N) is 1. The molecule has 0 aliphatic heterocycles. The van der Waals surface area contributed by atoms with Crippen molar-refractivity contribution >= 4 is 22.4 Å². The van der Waals surface area contributed by atoms with E-state index in [0.29, 0.717) is 18.2 Å². The van der Waals surface area contributed by atoms with Gasteiger partial charge in [0, 0.05) is 18.0 Å². The van der Waals surface area contributed by atoms with Crippen LogP contribution in [-0.2, 0) is 17.8 Å². The highest BCUT2D eigenvalue weighted by molar-refractivity contribution is 7.15. The summed E-state index contributed by atoms with van der Waals surface area (Å²) in [6, 6.07) is 9.93. The van der Waals surface area contributed by atoms with E-state index in [1.807, 2.05) is 42.2 Å². The molecule has 2 N–H and O–H groups in total. The van der Waals surface area contributed by atoms with Gasteiger partial charge in [-0.3, -0.25) is 9.69 Å². The van der Waals surface area contributed by atoms with E-state index in [4.69, 9.17) is 0 Å². The van der Waals surface area contributed by atoms with Crippen LogP contribution in [0.3, 0.4) is 0 Å². The molecule has 0 aliphatic carbocycles. The maximum atomic E-state index is 12.2. The molecule has 5 nitrogen and oxygen atoms in total. The Morgan fingerprint density at radius 3 is 2.70 bits per heavy atom. The van der Waals surface area contributed by atoms with E-state index >= 15 is 0 Å². The van der Waals surface area contributed by atoms with Crippen LogP contribution in [0.1, 0.15) is 23.1 Å². The lowest BCUT2D eigenvalue weighted by Crippen LogP contribution is -2.34. The lowest BCUT2D eigenvalue weighted by molar-refractivity contribution is -0.117. The van der Waals surface area contributed by atoms with Crippen LogP contribution in [0, 0.1) is 6.92 Å². The summed E-state index contributed by atoms with van der Waals surface area (Å²) in [5.41, 5.74) is 2.15. The zero-order chi connectivity index (χ0) is 16.7. The molecule has 1 aromatic carbocycles. The maximum Gasteiger partial charge on any atom is 0.240 e. The second-order valence-corrected chi connectivity index (χ2v) is 6.55. The first-order valence-electron chi connectivity index (χ1n) is 7.75. The highest BCUT2D eigenvalue weighted by atomic mass is 32.1. The third kappa shape index (κ3) is 5.42. The average molecular weight is 333 g/mol. The van der Waals surface area contributed by atoms with Crippen molar-refractivity contribution in [3.63, 3.8) is 0 Å². The van der Waals surface area contributed by atoms with Crippen LogP contribution >= 0.6 is 11.3 Å². The lowest BCUT2D eigenvalue weighted by Gasteiger charge is -2.20. The van der Waals surface area contributed by atoms with Gasteiger partial charge in [-0.05, 0) is 18.9 Å². The van der Waals surface area contributed by atoms with E-state index < -0.39 is 0 Å². The van der Waals surface area contributed by atoms with Gasteiger partial charge in [0.25, 0.3) is 0 Å². The minimum atomic E-state index is -0.106. The number of thiazole rings is 1. The molecule has 1 aromatic heterocycles. The topological polar surface area (TPSA) is 65.5 Å². The standard InChI is InChI=1S/C17H23N3O2S/c1-3-15-13(2)23-17(18-15)19-16(22)12-20(9-10-21)11-14-7-5-4-6-8-14/h4-8,21H,3,9-12H2,1-2H3,(H,18,19,22). The molecule has 0 saturated carbocycles. The predicted molar refractivity (Wildman–Crippen MR) is 93.7 cm³/mol. The zero-order valence-corrected chi connectivity index (χ0v) is 14.4. The van der Waals surface area contributed by atoms with Gasteiger partial charge in [-0.15, -0.1) is 11.3 Å². The Kier molecular flexibility index (Phi) is 6.70. The van der Waals surface area contributed by atoms with E-state index in [1.165, 1.54) is 11.3 Å². The number of aromatic nitrogens is 1. The number of amides is 1. The summed E-state index contributed by atoms with van der Waals surface area (Å²) in [6.45, 7) is 5.41. The van der Waals surface area contributed by atoms with Crippen LogP contribution in [-0.4, -0.2) is 40.6 Å². The van der Waals surface area contributed by atoms with Gasteiger partial charge in [0.2, 0.25) is 5.91 Å². The Balaban J connectivity index is 1.94. The molecule has 23 heavy (non-hydrogen) atoms. The van der Waals surface area contributed by atoms with Gasteiger partial charge in [-0.1, -0.05) is 37.3 Å². The molecule has 0 atom stereocenters. The number of benzene rings is 1. The van der Waals surface area contributed by atoms with Crippen molar-refractivity contribution in [2.75, 3.05) is 25.0 Å². The van der Waals surface area contributed by atoms with Crippen molar-refractivity contribution in [3.05, 3.63) is 46.5 Å². The number of rotatable bonds is 8. The van der Waals surface area contributed by atoms with Gasteiger partial charge in [0.05, 0.1) is 18.8 Å². The largest absolute Gasteiger partial charge is 0.395 e. The van der Waals surface area contributed by atoms with Crippen LogP contribution in [0.4, 0.5) is 5.13 Å². The van der Waals surface area contributed by atoms with Crippen LogP contribution in [0.25, 0.3) is 0 Å². The Morgan fingerprint density at radius 2 is 2.09 bits per heavy atom. The SMILES string of the molecule is CCc1nc(NC(=O)CN(CCO)Cc2ccccc2)sc1C. The smallest absolute Gasteiger partial charge is 0.240 e. The summed E-state index contributed by atoms with van der Waals surface area (Å²) in [7, 11) is 0. The first-order valence-corrected chi connectivity index (χ1v) is 8.57. The number of carbonyl (C=O) groups excluding carboxylic acids is 1. The van der Waals surface area contributed by atoms with Crippen molar-refractivity contribution in [1.29, 1.82) is 0 Å². The van der Waals surface area contributed by atoms with Crippen LogP contribution in [0.2, 0.25) is 0 Å². The van der Waals surface area contributed by atoms with Gasteiger partial charge in [-0.2, -0.15) is 0 Å². The summed E-state index contributed by atoms with van der Waals surface area (Å²) in [4.78, 5) is 19.7. The van der Waals surface area contributed by atoms with E-state index in [2.05, 4.69) is 17.2 Å². The molecule has 0 aliphatic rings. The third-order valence-corrected chi connectivity index (χ3v) is 4.43. The molecule has 1 amide bonds. The van der Waals surface area contributed by atoms with Crippen LogP contribution < -0.4 is 5.32 Å². The summed E-state index contributed by atoms with van der Waals surface area (Å²) in [5, 5.41) is 12.7. The quantitative estimate of drug-likeness (QED) is 0.779. The highest BCUT2D eigenvalue weighted by Crippen LogP contribution is 2.22. The van der Waals surface area contributed by atoms with Crippen LogP contribution in [0.5, 0.6) is 0 Å². The van der Waals surface area contributed by atoms with Gasteiger partial charge in [-0.25, -0.2) is 4.98 Å². The van der Waals surface area contributed by atoms with E-state index in [-0.39, 0.29) is 19.1 Å². The molecule has 2 rings (SSSR count). The monoisotopic (exact) mass is 333 g/mol. The second-order valence-electron chi connectivity index (χ2n) is 5.34. The maximum absolute atomic E-state index is 12.2. The van der Waals surface area contributed by atoms with Crippen LogP contribution in [0.15, 0.2) is 30.3 Å². The lowest BCUT2D eigenvalue weighted by atomic mass is 10.2. The average Bonchev–Trinajstić information content (AvgIpc) is 2.88. The number of hydrogen-bond donors (Lipinski definition) is 2. The summed E-state index contributed by atoms with van der Waals surface area (Å²) in [5.74, 6) is -0.106. The van der Waals surface area contributed by atoms with Gasteiger partial charge < -0.3 is 10.4 Å². The number of aliphatic hydroxyl groups excluding tert-OH is 1. The Bertz CT molecular complexity index is 628. The number of aliphatic hydroxyl groups is 1. The normalized spacial score (nSPS) is 11.0. The Labute approximate surface area is 141 Å². The zero-order valence-electron chi connectivity index (χ0n) is 13.6. The minimum Gasteiger partial charge on any atom is -0.395 e. The molecule has 1 heterocycles. The summed E-state index contributed by atoms with van der Waals surface area (Å²) >= 11 is 1.50. The molecule has 124 valence electrons. The van der Waals surface area contributed by atoms with E-state index in [0.717, 1.165) is 22.6 Å². The number of hydrogen-bond acceptors (Lipinski definition) is 5. The molecule has 0 fully saturated rings. The first kappa shape index (κ1) is 17.6. The number of anilines is 1.